The molecule has 0 aromatic carbocycles. The lowest BCUT2D eigenvalue weighted by Gasteiger charge is -2.28. The van der Waals surface area contributed by atoms with Crippen molar-refractivity contribution in [1.82, 2.24) is 15.1 Å². The Balaban J connectivity index is 2.23. The molecule has 1 saturated carbocycles. The second-order valence-electron chi connectivity index (χ2n) is 5.66. The number of halogens is 1. The fourth-order valence-electron chi connectivity index (χ4n) is 3.25. The summed E-state index contributed by atoms with van der Waals surface area (Å²) < 4.78 is 7.24. The third-order valence-electron chi connectivity index (χ3n) is 4.25. The van der Waals surface area contributed by atoms with Crippen molar-refractivity contribution in [3.63, 3.8) is 0 Å². The van der Waals surface area contributed by atoms with Gasteiger partial charge in [-0.05, 0) is 46.6 Å². The molecule has 6 heteroatoms. The number of ether oxygens (including phenoxy) is 1. The number of carbonyl (C=O) groups excluding carboxylic acids is 1. The smallest absolute Gasteiger partial charge is 0.326 e. The van der Waals surface area contributed by atoms with E-state index in [1.807, 2.05) is 32.4 Å². The van der Waals surface area contributed by atoms with Gasteiger partial charge in [-0.2, -0.15) is 5.10 Å². The van der Waals surface area contributed by atoms with E-state index >= 15 is 0 Å². The maximum Gasteiger partial charge on any atom is 0.326 e. The van der Waals surface area contributed by atoms with Crippen LogP contribution in [-0.2, 0) is 9.53 Å². The molecule has 2 atom stereocenters. The molecule has 1 aliphatic rings. The number of nitrogens with zero attached hydrogens (tertiary/aromatic N) is 2. The number of likely N-dealkylation sites (N-methyl/N-ethyl adjacent to an activating group) is 1. The minimum Gasteiger partial charge on any atom is -0.465 e. The number of nitrogens with one attached hydrogen (secondary N) is 1. The first kappa shape index (κ1) is 16.3. The van der Waals surface area contributed by atoms with Crippen LogP contribution in [0, 0.1) is 13.8 Å². The third kappa shape index (κ3) is 2.94. The number of aromatic nitrogens is 2. The van der Waals surface area contributed by atoms with Crippen LogP contribution in [0.3, 0.4) is 0 Å². The number of esters is 1. The molecule has 1 N–H and O–H groups in total. The Hall–Kier alpha value is -1.07. The summed E-state index contributed by atoms with van der Waals surface area (Å²) >= 11 is 6.23. The molecule has 0 spiro atoms. The van der Waals surface area contributed by atoms with Gasteiger partial charge in [0, 0.05) is 0 Å². The van der Waals surface area contributed by atoms with Gasteiger partial charge in [-0.25, -0.2) is 0 Å². The summed E-state index contributed by atoms with van der Waals surface area (Å²) in [6.07, 6.45) is 2.35. The lowest BCUT2D eigenvalue weighted by Crippen LogP contribution is -2.51. The summed E-state index contributed by atoms with van der Waals surface area (Å²) in [5.41, 5.74) is 1.22. The standard InChI is InChI=1S/C15H24ClN3O2/c1-5-17-15(14(20)21-6-2)8-7-12(9-15)19-11(4)13(16)10(3)18-19/h12,17H,5-9H2,1-4H3. The van der Waals surface area contributed by atoms with Gasteiger partial charge in [-0.3, -0.25) is 9.48 Å². The molecular weight excluding hydrogens is 290 g/mol. The van der Waals surface area contributed by atoms with Gasteiger partial charge in [-0.15, -0.1) is 0 Å². The van der Waals surface area contributed by atoms with Crippen molar-refractivity contribution in [2.24, 2.45) is 0 Å². The first-order valence-electron chi connectivity index (χ1n) is 7.58. The van der Waals surface area contributed by atoms with Crippen molar-refractivity contribution in [2.75, 3.05) is 13.2 Å². The van der Waals surface area contributed by atoms with E-state index in [2.05, 4.69) is 10.4 Å². The SMILES string of the molecule is CCNC1(C(=O)OCC)CCC(n2nc(C)c(Cl)c2C)C1. The van der Waals surface area contributed by atoms with E-state index in [-0.39, 0.29) is 12.0 Å². The average molecular weight is 314 g/mol. The normalized spacial score (nSPS) is 25.3. The van der Waals surface area contributed by atoms with Gasteiger partial charge in [-0.1, -0.05) is 18.5 Å². The number of aryl methyl sites for hydroxylation is 1. The summed E-state index contributed by atoms with van der Waals surface area (Å²) in [7, 11) is 0. The Morgan fingerprint density at radius 2 is 2.24 bits per heavy atom. The van der Waals surface area contributed by atoms with Crippen LogP contribution < -0.4 is 5.32 Å². The molecule has 1 fully saturated rings. The van der Waals surface area contributed by atoms with Crippen LogP contribution in [0.4, 0.5) is 0 Å². The van der Waals surface area contributed by atoms with Gasteiger partial charge in [0.1, 0.15) is 5.54 Å². The van der Waals surface area contributed by atoms with Crippen molar-refractivity contribution in [3.8, 4) is 0 Å². The van der Waals surface area contributed by atoms with Gasteiger partial charge in [0.15, 0.2) is 0 Å². The van der Waals surface area contributed by atoms with Crippen LogP contribution in [0.5, 0.6) is 0 Å². The molecule has 5 nitrogen and oxygen atoms in total. The molecule has 0 bridgehead atoms. The van der Waals surface area contributed by atoms with Gasteiger partial charge >= 0.3 is 5.97 Å². The predicted molar refractivity (Wildman–Crippen MR) is 82.6 cm³/mol. The summed E-state index contributed by atoms with van der Waals surface area (Å²) in [6, 6.07) is 0.180. The minimum atomic E-state index is -0.589. The average Bonchev–Trinajstić information content (AvgIpc) is 2.98. The second kappa shape index (κ2) is 6.36. The molecule has 1 heterocycles. The van der Waals surface area contributed by atoms with Crippen molar-refractivity contribution in [3.05, 3.63) is 16.4 Å². The Morgan fingerprint density at radius 3 is 2.76 bits per heavy atom. The number of hydrogen-bond acceptors (Lipinski definition) is 4. The lowest BCUT2D eigenvalue weighted by atomic mass is 9.97. The van der Waals surface area contributed by atoms with Crippen molar-refractivity contribution < 1.29 is 9.53 Å². The van der Waals surface area contributed by atoms with E-state index in [1.54, 1.807) is 0 Å². The molecule has 2 unspecified atom stereocenters. The third-order valence-corrected chi connectivity index (χ3v) is 4.80. The van der Waals surface area contributed by atoms with Crippen LogP contribution in [0.1, 0.15) is 50.5 Å². The molecule has 0 saturated heterocycles. The second-order valence-corrected chi connectivity index (χ2v) is 6.04. The van der Waals surface area contributed by atoms with E-state index in [0.29, 0.717) is 18.1 Å². The molecule has 0 aliphatic heterocycles. The lowest BCUT2D eigenvalue weighted by molar-refractivity contribution is -0.151. The molecular formula is C15H24ClN3O2. The van der Waals surface area contributed by atoms with E-state index in [0.717, 1.165) is 30.8 Å². The van der Waals surface area contributed by atoms with E-state index < -0.39 is 5.54 Å². The summed E-state index contributed by atoms with van der Waals surface area (Å²) in [5.74, 6) is -0.151. The molecule has 0 radical (unpaired) electrons. The Morgan fingerprint density at radius 1 is 1.52 bits per heavy atom. The van der Waals surface area contributed by atoms with Crippen LogP contribution in [0.2, 0.25) is 5.02 Å². The fourth-order valence-corrected chi connectivity index (χ4v) is 3.38. The molecule has 21 heavy (non-hydrogen) atoms. The summed E-state index contributed by atoms with van der Waals surface area (Å²) in [5, 5.41) is 8.58. The van der Waals surface area contributed by atoms with E-state index in [4.69, 9.17) is 16.3 Å². The summed E-state index contributed by atoms with van der Waals surface area (Å²) in [6.45, 7) is 8.87. The van der Waals surface area contributed by atoms with E-state index in [1.165, 1.54) is 0 Å². The minimum absolute atomic E-state index is 0.151. The highest BCUT2D eigenvalue weighted by atomic mass is 35.5. The van der Waals surface area contributed by atoms with E-state index in [9.17, 15) is 4.79 Å². The zero-order valence-corrected chi connectivity index (χ0v) is 14.0. The highest BCUT2D eigenvalue weighted by Gasteiger charge is 2.47. The maximum atomic E-state index is 12.4. The Kier molecular flexibility index (Phi) is 4.94. The number of carbonyl (C=O) groups is 1. The molecule has 118 valence electrons. The monoisotopic (exact) mass is 313 g/mol. The first-order valence-corrected chi connectivity index (χ1v) is 7.96. The largest absolute Gasteiger partial charge is 0.465 e. The zero-order chi connectivity index (χ0) is 15.6. The summed E-state index contributed by atoms with van der Waals surface area (Å²) in [4.78, 5) is 12.4. The van der Waals surface area contributed by atoms with Crippen LogP contribution in [0.15, 0.2) is 0 Å². The Labute approximate surface area is 131 Å². The van der Waals surface area contributed by atoms with Gasteiger partial charge in [0.2, 0.25) is 0 Å². The number of hydrogen-bond donors (Lipinski definition) is 1. The van der Waals surface area contributed by atoms with Gasteiger partial charge in [0.05, 0.1) is 29.1 Å². The van der Waals surface area contributed by atoms with Crippen LogP contribution in [0.25, 0.3) is 0 Å². The molecule has 0 amide bonds. The molecule has 1 aromatic heterocycles. The molecule has 2 rings (SSSR count). The predicted octanol–water partition coefficient (Wildman–Crippen LogP) is 2.79. The quantitative estimate of drug-likeness (QED) is 0.849. The van der Waals surface area contributed by atoms with Crippen LogP contribution >= 0.6 is 11.6 Å². The number of rotatable bonds is 5. The highest BCUT2D eigenvalue weighted by molar-refractivity contribution is 6.31. The molecule has 1 aliphatic carbocycles. The van der Waals surface area contributed by atoms with Crippen molar-refractivity contribution in [2.45, 2.75) is 58.5 Å². The zero-order valence-electron chi connectivity index (χ0n) is 13.2. The Bertz CT molecular complexity index is 529. The van der Waals surface area contributed by atoms with Crippen LogP contribution in [-0.4, -0.2) is 34.4 Å². The maximum absolute atomic E-state index is 12.4. The highest BCUT2D eigenvalue weighted by Crippen LogP contribution is 2.40. The van der Waals surface area contributed by atoms with Gasteiger partial charge in [0.25, 0.3) is 0 Å². The fraction of sp³-hybridized carbons (Fsp3) is 0.733. The first-order chi connectivity index (χ1) is 9.95. The topological polar surface area (TPSA) is 56.1 Å². The van der Waals surface area contributed by atoms with Gasteiger partial charge < -0.3 is 10.1 Å². The van der Waals surface area contributed by atoms with Crippen molar-refractivity contribution in [1.29, 1.82) is 0 Å². The van der Waals surface area contributed by atoms with Crippen molar-refractivity contribution >= 4 is 17.6 Å². The molecule has 1 aromatic rings.